The molecule has 2 amide bonds. The molecule has 1 aromatic heterocycles. The van der Waals surface area contributed by atoms with E-state index in [0.717, 1.165) is 16.3 Å². The third-order valence-corrected chi connectivity index (χ3v) is 3.45. The first-order chi connectivity index (χ1) is 9.10. The molecule has 0 unspecified atom stereocenters. The monoisotopic (exact) mass is 275 g/mol. The van der Waals surface area contributed by atoms with Crippen LogP contribution in [0.15, 0.2) is 29.6 Å². The fourth-order valence-electron chi connectivity index (χ4n) is 1.48. The molecule has 0 aliphatic rings. The van der Waals surface area contributed by atoms with Crippen molar-refractivity contribution in [1.82, 2.24) is 10.3 Å². The zero-order chi connectivity index (χ0) is 13.8. The van der Waals surface area contributed by atoms with Crippen molar-refractivity contribution < 1.29 is 9.59 Å². The maximum absolute atomic E-state index is 11.4. The molecule has 0 spiro atoms. The number of anilines is 1. The van der Waals surface area contributed by atoms with E-state index in [1.165, 1.54) is 7.05 Å². The second kappa shape index (κ2) is 5.62. The molecule has 0 bridgehead atoms. The summed E-state index contributed by atoms with van der Waals surface area (Å²) in [6.45, 7) is 1.94. The molecule has 0 saturated carbocycles. The van der Waals surface area contributed by atoms with Crippen molar-refractivity contribution >= 4 is 28.8 Å². The first-order valence-electron chi connectivity index (χ1n) is 5.66. The summed E-state index contributed by atoms with van der Waals surface area (Å²) in [7, 11) is 1.41. The van der Waals surface area contributed by atoms with Gasteiger partial charge in [-0.05, 0) is 31.2 Å². The number of carbonyl (C=O) groups excluding carboxylic acids is 2. The predicted molar refractivity (Wildman–Crippen MR) is 75.0 cm³/mol. The summed E-state index contributed by atoms with van der Waals surface area (Å²) in [5, 5.41) is 7.69. The third-order valence-electron chi connectivity index (χ3n) is 2.44. The summed E-state index contributed by atoms with van der Waals surface area (Å²) in [6.07, 6.45) is 0. The van der Waals surface area contributed by atoms with Crippen LogP contribution in [0, 0.1) is 6.92 Å². The highest BCUT2D eigenvalue weighted by atomic mass is 32.1. The number of nitrogens with one attached hydrogen (secondary N) is 2. The van der Waals surface area contributed by atoms with Crippen LogP contribution in [0.2, 0.25) is 0 Å². The molecule has 2 N–H and O–H groups in total. The van der Waals surface area contributed by atoms with Crippen molar-refractivity contribution in [3.8, 4) is 10.6 Å². The fourth-order valence-corrected chi connectivity index (χ4v) is 2.29. The Balaban J connectivity index is 2.11. The molecule has 0 aliphatic heterocycles. The Labute approximate surface area is 114 Å². The van der Waals surface area contributed by atoms with E-state index in [-0.39, 0.29) is 0 Å². The largest absolute Gasteiger partial charge is 0.351 e. The third kappa shape index (κ3) is 3.17. The van der Waals surface area contributed by atoms with Gasteiger partial charge in [-0.2, -0.15) is 0 Å². The van der Waals surface area contributed by atoms with Crippen molar-refractivity contribution in [2.24, 2.45) is 0 Å². The molecule has 0 saturated heterocycles. The van der Waals surface area contributed by atoms with Gasteiger partial charge in [-0.15, -0.1) is 11.3 Å². The van der Waals surface area contributed by atoms with Gasteiger partial charge in [-0.3, -0.25) is 9.59 Å². The number of amides is 2. The Bertz CT molecular complexity index is 605. The summed E-state index contributed by atoms with van der Waals surface area (Å²) >= 11 is 1.57. The van der Waals surface area contributed by atoms with Crippen LogP contribution in [0.25, 0.3) is 10.6 Å². The maximum atomic E-state index is 11.4. The van der Waals surface area contributed by atoms with E-state index >= 15 is 0 Å². The number of aryl methyl sites for hydroxylation is 1. The highest BCUT2D eigenvalue weighted by Crippen LogP contribution is 2.24. The SMILES string of the molecule is CNC(=O)C(=O)Nc1ccc(-c2nc(C)cs2)cc1. The lowest BCUT2D eigenvalue weighted by Gasteiger charge is -2.04. The Morgan fingerprint density at radius 1 is 1.16 bits per heavy atom. The van der Waals surface area contributed by atoms with Crippen molar-refractivity contribution in [2.45, 2.75) is 6.92 Å². The van der Waals surface area contributed by atoms with E-state index in [4.69, 9.17) is 0 Å². The van der Waals surface area contributed by atoms with Crippen molar-refractivity contribution in [2.75, 3.05) is 12.4 Å². The normalized spacial score (nSPS) is 10.0. The highest BCUT2D eigenvalue weighted by Gasteiger charge is 2.11. The van der Waals surface area contributed by atoms with E-state index in [2.05, 4.69) is 15.6 Å². The number of thiazole rings is 1. The van der Waals surface area contributed by atoms with Crippen LogP contribution in [-0.4, -0.2) is 23.8 Å². The summed E-state index contributed by atoms with van der Waals surface area (Å²) in [6, 6.07) is 7.20. The zero-order valence-corrected chi connectivity index (χ0v) is 11.4. The van der Waals surface area contributed by atoms with Gasteiger partial charge < -0.3 is 10.6 Å². The van der Waals surface area contributed by atoms with Gasteiger partial charge in [0.1, 0.15) is 5.01 Å². The average molecular weight is 275 g/mol. The van der Waals surface area contributed by atoms with Crippen molar-refractivity contribution in [1.29, 1.82) is 0 Å². The highest BCUT2D eigenvalue weighted by molar-refractivity contribution is 7.13. The number of rotatable bonds is 2. The van der Waals surface area contributed by atoms with E-state index in [1.807, 2.05) is 24.4 Å². The van der Waals surface area contributed by atoms with Crippen LogP contribution in [0.5, 0.6) is 0 Å². The first-order valence-corrected chi connectivity index (χ1v) is 6.53. The van der Waals surface area contributed by atoms with Gasteiger partial charge >= 0.3 is 11.8 Å². The molecular weight excluding hydrogens is 262 g/mol. The number of benzene rings is 1. The standard InChI is InChI=1S/C13H13N3O2S/c1-8-7-19-13(15-8)9-3-5-10(6-4-9)16-12(18)11(17)14-2/h3-7H,1-2H3,(H,14,17)(H,16,18). The van der Waals surface area contributed by atoms with Crippen LogP contribution in [0.3, 0.4) is 0 Å². The number of carbonyl (C=O) groups is 2. The molecule has 0 atom stereocenters. The van der Waals surface area contributed by atoms with E-state index < -0.39 is 11.8 Å². The lowest BCUT2D eigenvalue weighted by atomic mass is 10.2. The molecule has 1 aromatic carbocycles. The maximum Gasteiger partial charge on any atom is 0.313 e. The van der Waals surface area contributed by atoms with E-state index in [1.54, 1.807) is 23.5 Å². The first kappa shape index (κ1) is 13.2. The molecular formula is C13H13N3O2S. The second-order valence-corrected chi connectivity index (χ2v) is 4.76. The molecule has 2 rings (SSSR count). The van der Waals surface area contributed by atoms with Gasteiger partial charge in [0.05, 0.1) is 0 Å². The van der Waals surface area contributed by atoms with E-state index in [0.29, 0.717) is 5.69 Å². The smallest absolute Gasteiger partial charge is 0.313 e. The van der Waals surface area contributed by atoms with Crippen LogP contribution in [-0.2, 0) is 9.59 Å². The molecule has 1 heterocycles. The minimum absolute atomic E-state index is 0.575. The van der Waals surface area contributed by atoms with Gasteiger partial charge in [0.25, 0.3) is 0 Å². The Morgan fingerprint density at radius 3 is 2.37 bits per heavy atom. The van der Waals surface area contributed by atoms with Crippen molar-refractivity contribution in [3.63, 3.8) is 0 Å². The lowest BCUT2D eigenvalue weighted by molar-refractivity contribution is -0.135. The minimum Gasteiger partial charge on any atom is -0.351 e. The molecule has 0 fully saturated rings. The number of hydrogen-bond acceptors (Lipinski definition) is 4. The lowest BCUT2D eigenvalue weighted by Crippen LogP contribution is -2.32. The Morgan fingerprint density at radius 2 is 1.84 bits per heavy atom. The summed E-state index contributed by atoms with van der Waals surface area (Å²) in [5.74, 6) is -1.35. The quantitative estimate of drug-likeness (QED) is 0.821. The minimum atomic E-state index is -0.680. The van der Waals surface area contributed by atoms with E-state index in [9.17, 15) is 9.59 Å². The van der Waals surface area contributed by atoms with Gasteiger partial charge in [-0.25, -0.2) is 4.98 Å². The molecule has 0 aliphatic carbocycles. The number of likely N-dealkylation sites (N-methyl/N-ethyl adjacent to an activating group) is 1. The topological polar surface area (TPSA) is 71.1 Å². The number of nitrogens with zero attached hydrogens (tertiary/aromatic N) is 1. The average Bonchev–Trinajstić information content (AvgIpc) is 2.85. The summed E-state index contributed by atoms with van der Waals surface area (Å²) in [4.78, 5) is 26.8. The van der Waals surface area contributed by atoms with Gasteiger partial charge in [0.15, 0.2) is 0 Å². The summed E-state index contributed by atoms with van der Waals surface area (Å²) < 4.78 is 0. The molecule has 98 valence electrons. The van der Waals surface area contributed by atoms with Gasteiger partial charge in [0, 0.05) is 29.4 Å². The molecule has 5 nitrogen and oxygen atoms in total. The van der Waals surface area contributed by atoms with Gasteiger partial charge in [0.2, 0.25) is 0 Å². The number of aromatic nitrogens is 1. The Kier molecular flexibility index (Phi) is 3.91. The molecule has 2 aromatic rings. The predicted octanol–water partition coefficient (Wildman–Crippen LogP) is 1.80. The van der Waals surface area contributed by atoms with Crippen LogP contribution >= 0.6 is 11.3 Å². The fraction of sp³-hybridized carbons (Fsp3) is 0.154. The van der Waals surface area contributed by atoms with Crippen LogP contribution in [0.4, 0.5) is 5.69 Å². The Hall–Kier alpha value is -2.21. The van der Waals surface area contributed by atoms with Crippen LogP contribution in [0.1, 0.15) is 5.69 Å². The molecule has 19 heavy (non-hydrogen) atoms. The van der Waals surface area contributed by atoms with Gasteiger partial charge in [-0.1, -0.05) is 0 Å². The van der Waals surface area contributed by atoms with Crippen molar-refractivity contribution in [3.05, 3.63) is 35.3 Å². The zero-order valence-electron chi connectivity index (χ0n) is 10.6. The van der Waals surface area contributed by atoms with Crippen LogP contribution < -0.4 is 10.6 Å². The number of hydrogen-bond donors (Lipinski definition) is 2. The molecule has 6 heteroatoms. The summed E-state index contributed by atoms with van der Waals surface area (Å²) in [5.41, 5.74) is 2.54. The second-order valence-electron chi connectivity index (χ2n) is 3.90. The molecule has 0 radical (unpaired) electrons.